The minimum Gasteiger partial charge on any atom is -0.478 e. The molecule has 0 aliphatic rings. The fourth-order valence-electron chi connectivity index (χ4n) is 2.20. The Morgan fingerprint density at radius 2 is 1.68 bits per heavy atom. The third kappa shape index (κ3) is 5.91. The Morgan fingerprint density at radius 1 is 1.00 bits per heavy atom. The lowest BCUT2D eigenvalue weighted by atomic mass is 10.2. The van der Waals surface area contributed by atoms with Crippen molar-refractivity contribution in [1.82, 2.24) is 15.0 Å². The monoisotopic (exact) mass is 344 g/mol. The van der Waals surface area contributed by atoms with Crippen LogP contribution in [-0.4, -0.2) is 39.6 Å². The standard InChI is InChI=1S/C17H24N6O2/c1-3-4-5-6-11-19-16-21-15(18-2)22-17(23-16)20-13-9-7-12(8-10-13)14(24)25/h7-10H,3-6,11H2,1-2H3,(H,24,25)(H3,18,19,20,21,22,23). The molecule has 134 valence electrons. The minimum absolute atomic E-state index is 0.228. The summed E-state index contributed by atoms with van der Waals surface area (Å²) >= 11 is 0. The van der Waals surface area contributed by atoms with Crippen LogP contribution in [-0.2, 0) is 0 Å². The van der Waals surface area contributed by atoms with Crippen molar-refractivity contribution in [2.75, 3.05) is 29.5 Å². The Kier molecular flexibility index (Phi) is 6.94. The summed E-state index contributed by atoms with van der Waals surface area (Å²) in [5.41, 5.74) is 0.929. The number of aromatic carboxylic acids is 1. The summed E-state index contributed by atoms with van der Waals surface area (Å²) in [5.74, 6) is 0.383. The van der Waals surface area contributed by atoms with Crippen LogP contribution >= 0.6 is 0 Å². The zero-order valence-electron chi connectivity index (χ0n) is 14.5. The van der Waals surface area contributed by atoms with Gasteiger partial charge in [-0.25, -0.2) is 4.79 Å². The van der Waals surface area contributed by atoms with Crippen LogP contribution in [0.5, 0.6) is 0 Å². The van der Waals surface area contributed by atoms with Gasteiger partial charge in [-0.05, 0) is 30.7 Å². The lowest BCUT2D eigenvalue weighted by Gasteiger charge is -2.10. The van der Waals surface area contributed by atoms with Gasteiger partial charge < -0.3 is 21.1 Å². The van der Waals surface area contributed by atoms with Gasteiger partial charge in [0.2, 0.25) is 17.8 Å². The van der Waals surface area contributed by atoms with Gasteiger partial charge >= 0.3 is 5.97 Å². The van der Waals surface area contributed by atoms with E-state index < -0.39 is 5.97 Å². The Bertz CT molecular complexity index is 690. The third-order valence-corrected chi connectivity index (χ3v) is 3.56. The van der Waals surface area contributed by atoms with Crippen LogP contribution in [0.4, 0.5) is 23.5 Å². The molecule has 0 bridgehead atoms. The summed E-state index contributed by atoms with van der Waals surface area (Å²) in [5, 5.41) is 18.1. The molecule has 25 heavy (non-hydrogen) atoms. The highest BCUT2D eigenvalue weighted by molar-refractivity contribution is 5.88. The van der Waals surface area contributed by atoms with Gasteiger partial charge in [-0.3, -0.25) is 0 Å². The zero-order chi connectivity index (χ0) is 18.1. The van der Waals surface area contributed by atoms with Crippen LogP contribution < -0.4 is 16.0 Å². The minimum atomic E-state index is -0.960. The molecule has 0 spiro atoms. The van der Waals surface area contributed by atoms with E-state index in [1.165, 1.54) is 31.4 Å². The molecule has 4 N–H and O–H groups in total. The SMILES string of the molecule is CCCCCCNc1nc(NC)nc(Nc2ccc(C(=O)O)cc2)n1. The Hall–Kier alpha value is -2.90. The first-order valence-corrected chi connectivity index (χ1v) is 8.40. The molecular weight excluding hydrogens is 320 g/mol. The number of carboxylic acid groups (broad SMARTS) is 1. The molecule has 2 rings (SSSR count). The largest absolute Gasteiger partial charge is 0.478 e. The van der Waals surface area contributed by atoms with Crippen molar-refractivity contribution in [2.45, 2.75) is 32.6 Å². The van der Waals surface area contributed by atoms with E-state index in [0.29, 0.717) is 23.5 Å². The number of rotatable bonds is 10. The second kappa shape index (κ2) is 9.41. The number of anilines is 4. The third-order valence-electron chi connectivity index (χ3n) is 3.56. The summed E-state index contributed by atoms with van der Waals surface area (Å²) in [6.07, 6.45) is 4.66. The quantitative estimate of drug-likeness (QED) is 0.485. The van der Waals surface area contributed by atoms with Gasteiger partial charge in [0.15, 0.2) is 0 Å². The molecule has 0 fully saturated rings. The van der Waals surface area contributed by atoms with E-state index in [-0.39, 0.29) is 5.56 Å². The molecule has 0 atom stereocenters. The van der Waals surface area contributed by atoms with Crippen molar-refractivity contribution < 1.29 is 9.90 Å². The molecule has 0 amide bonds. The number of carboxylic acids is 1. The normalized spacial score (nSPS) is 10.3. The van der Waals surface area contributed by atoms with Gasteiger partial charge in [0.1, 0.15) is 0 Å². The van der Waals surface area contributed by atoms with Gasteiger partial charge in [-0.15, -0.1) is 0 Å². The molecule has 0 unspecified atom stereocenters. The highest BCUT2D eigenvalue weighted by atomic mass is 16.4. The number of hydrogen-bond donors (Lipinski definition) is 4. The molecule has 1 heterocycles. The molecule has 1 aromatic heterocycles. The lowest BCUT2D eigenvalue weighted by molar-refractivity contribution is 0.0697. The maximum Gasteiger partial charge on any atom is 0.335 e. The molecule has 0 aliphatic heterocycles. The summed E-state index contributed by atoms with van der Waals surface area (Å²) in [7, 11) is 1.74. The molecule has 0 aliphatic carbocycles. The van der Waals surface area contributed by atoms with Crippen LogP contribution in [0.3, 0.4) is 0 Å². The van der Waals surface area contributed by atoms with Crippen molar-refractivity contribution in [2.24, 2.45) is 0 Å². The van der Waals surface area contributed by atoms with Gasteiger partial charge in [-0.2, -0.15) is 15.0 Å². The van der Waals surface area contributed by atoms with Crippen molar-refractivity contribution in [3.8, 4) is 0 Å². The first-order valence-electron chi connectivity index (χ1n) is 8.40. The summed E-state index contributed by atoms with van der Waals surface area (Å²) in [6, 6.07) is 6.39. The van der Waals surface area contributed by atoms with Gasteiger partial charge in [0.25, 0.3) is 0 Å². The Balaban J connectivity index is 2.03. The number of aromatic nitrogens is 3. The van der Waals surface area contributed by atoms with Crippen LogP contribution in [0.1, 0.15) is 43.0 Å². The molecule has 0 saturated carbocycles. The van der Waals surface area contributed by atoms with Crippen molar-refractivity contribution in [3.63, 3.8) is 0 Å². The van der Waals surface area contributed by atoms with Crippen LogP contribution in [0, 0.1) is 0 Å². The van der Waals surface area contributed by atoms with Crippen molar-refractivity contribution in [1.29, 1.82) is 0 Å². The number of nitrogens with one attached hydrogen (secondary N) is 3. The predicted molar refractivity (Wildman–Crippen MR) is 98.7 cm³/mol. The topological polar surface area (TPSA) is 112 Å². The van der Waals surface area contributed by atoms with Gasteiger partial charge in [0, 0.05) is 19.3 Å². The fourth-order valence-corrected chi connectivity index (χ4v) is 2.20. The molecule has 8 heteroatoms. The van der Waals surface area contributed by atoms with Crippen LogP contribution in [0.25, 0.3) is 0 Å². The van der Waals surface area contributed by atoms with E-state index in [2.05, 4.69) is 37.8 Å². The van der Waals surface area contributed by atoms with E-state index in [9.17, 15) is 4.79 Å². The average molecular weight is 344 g/mol. The molecular formula is C17H24N6O2. The fraction of sp³-hybridized carbons (Fsp3) is 0.412. The maximum atomic E-state index is 10.9. The van der Waals surface area contributed by atoms with E-state index in [1.807, 2.05) is 0 Å². The highest BCUT2D eigenvalue weighted by Crippen LogP contribution is 2.16. The highest BCUT2D eigenvalue weighted by Gasteiger charge is 2.07. The number of benzene rings is 1. The van der Waals surface area contributed by atoms with E-state index >= 15 is 0 Å². The van der Waals surface area contributed by atoms with Gasteiger partial charge in [0.05, 0.1) is 5.56 Å². The molecule has 8 nitrogen and oxygen atoms in total. The second-order valence-electron chi connectivity index (χ2n) is 5.55. The number of carbonyl (C=O) groups is 1. The smallest absolute Gasteiger partial charge is 0.335 e. The van der Waals surface area contributed by atoms with Crippen molar-refractivity contribution in [3.05, 3.63) is 29.8 Å². The average Bonchev–Trinajstić information content (AvgIpc) is 2.61. The number of hydrogen-bond acceptors (Lipinski definition) is 7. The molecule has 0 radical (unpaired) electrons. The molecule has 2 aromatic rings. The maximum absolute atomic E-state index is 10.9. The second-order valence-corrected chi connectivity index (χ2v) is 5.55. The first-order chi connectivity index (χ1) is 12.1. The number of unbranched alkanes of at least 4 members (excludes halogenated alkanes) is 3. The molecule has 0 saturated heterocycles. The Morgan fingerprint density at radius 3 is 2.32 bits per heavy atom. The predicted octanol–water partition coefficient (Wildman–Crippen LogP) is 3.35. The zero-order valence-corrected chi connectivity index (χ0v) is 14.5. The lowest BCUT2D eigenvalue weighted by Crippen LogP contribution is -2.10. The van der Waals surface area contributed by atoms with E-state index in [1.54, 1.807) is 19.2 Å². The molecule has 1 aromatic carbocycles. The van der Waals surface area contributed by atoms with Crippen molar-refractivity contribution >= 4 is 29.5 Å². The summed E-state index contributed by atoms with van der Waals surface area (Å²) in [6.45, 7) is 2.99. The van der Waals surface area contributed by atoms with Crippen LogP contribution in [0.2, 0.25) is 0 Å². The van der Waals surface area contributed by atoms with Gasteiger partial charge in [-0.1, -0.05) is 26.2 Å². The summed E-state index contributed by atoms with van der Waals surface area (Å²) < 4.78 is 0. The van der Waals surface area contributed by atoms with E-state index in [0.717, 1.165) is 13.0 Å². The Labute approximate surface area is 147 Å². The van der Waals surface area contributed by atoms with E-state index in [4.69, 9.17) is 5.11 Å². The number of nitrogens with zero attached hydrogens (tertiary/aromatic N) is 3. The summed E-state index contributed by atoms with van der Waals surface area (Å²) in [4.78, 5) is 23.8. The first kappa shape index (κ1) is 18.4. The van der Waals surface area contributed by atoms with Crippen LogP contribution in [0.15, 0.2) is 24.3 Å².